The molecule has 10 heteroatoms. The van der Waals surface area contributed by atoms with Crippen LogP contribution in [0.1, 0.15) is 5.82 Å². The van der Waals surface area contributed by atoms with Gasteiger partial charge in [0.1, 0.15) is 12.7 Å². The molecule has 2 heterocycles. The first kappa shape index (κ1) is 14.9. The highest BCUT2D eigenvalue weighted by atomic mass is 16.6. The summed E-state index contributed by atoms with van der Waals surface area (Å²) in [5.74, 6) is -1.44. The molecule has 10 nitrogen and oxygen atoms in total. The number of carboxylic acid groups (broad SMARTS) is 1. The number of nitro groups is 1. The molecule has 0 bridgehead atoms. The molecular weight excluding hydrogens is 284 g/mol. The van der Waals surface area contributed by atoms with Crippen LogP contribution < -0.4 is 0 Å². The van der Waals surface area contributed by atoms with Crippen molar-refractivity contribution in [2.45, 2.75) is 19.6 Å². The third-order valence-corrected chi connectivity index (χ3v) is 3.15. The molecule has 1 aromatic heterocycles. The Balaban J connectivity index is 2.04. The molecule has 1 fully saturated rings. The SMILES string of the molecule is Cc1nc([N+](=O)[O-])cn1CC(=O)N1CCOC(C(=O)O)C1. The Kier molecular flexibility index (Phi) is 4.17. The average Bonchev–Trinajstić information content (AvgIpc) is 2.80. The summed E-state index contributed by atoms with van der Waals surface area (Å²) in [7, 11) is 0. The summed E-state index contributed by atoms with van der Waals surface area (Å²) in [6, 6.07) is 0. The lowest BCUT2D eigenvalue weighted by atomic mass is 10.2. The lowest BCUT2D eigenvalue weighted by molar-refractivity contribution is -0.389. The summed E-state index contributed by atoms with van der Waals surface area (Å²) in [6.07, 6.45) is 0.142. The van der Waals surface area contributed by atoms with E-state index in [0.717, 1.165) is 0 Å². The van der Waals surface area contributed by atoms with Gasteiger partial charge in [-0.15, -0.1) is 0 Å². The zero-order valence-electron chi connectivity index (χ0n) is 11.3. The van der Waals surface area contributed by atoms with E-state index in [4.69, 9.17) is 9.84 Å². The summed E-state index contributed by atoms with van der Waals surface area (Å²) >= 11 is 0. The number of hydrogen-bond acceptors (Lipinski definition) is 6. The molecule has 1 unspecified atom stereocenters. The maximum absolute atomic E-state index is 12.1. The van der Waals surface area contributed by atoms with Crippen LogP contribution >= 0.6 is 0 Å². The highest BCUT2D eigenvalue weighted by Gasteiger charge is 2.29. The first-order valence-electron chi connectivity index (χ1n) is 6.19. The minimum absolute atomic E-state index is 0.0377. The Labute approximate surface area is 119 Å². The van der Waals surface area contributed by atoms with Crippen molar-refractivity contribution in [1.29, 1.82) is 0 Å². The van der Waals surface area contributed by atoms with Crippen molar-refractivity contribution in [3.05, 3.63) is 22.1 Å². The van der Waals surface area contributed by atoms with Gasteiger partial charge < -0.3 is 24.9 Å². The van der Waals surface area contributed by atoms with Crippen LogP contribution in [0.3, 0.4) is 0 Å². The minimum Gasteiger partial charge on any atom is -0.479 e. The van der Waals surface area contributed by atoms with Crippen molar-refractivity contribution in [3.63, 3.8) is 0 Å². The minimum atomic E-state index is -1.12. The molecule has 0 radical (unpaired) electrons. The van der Waals surface area contributed by atoms with E-state index < -0.39 is 17.0 Å². The number of hydrogen-bond donors (Lipinski definition) is 1. The van der Waals surface area contributed by atoms with Gasteiger partial charge in [-0.3, -0.25) is 9.36 Å². The zero-order valence-corrected chi connectivity index (χ0v) is 11.3. The second kappa shape index (κ2) is 5.87. The molecule has 114 valence electrons. The Morgan fingerprint density at radius 3 is 2.90 bits per heavy atom. The standard InChI is InChI=1S/C11H14N4O6/c1-7-12-9(15(19)20)5-14(7)6-10(16)13-2-3-21-8(4-13)11(17)18/h5,8H,2-4,6H2,1H3,(H,17,18). The summed E-state index contributed by atoms with van der Waals surface area (Å²) in [5, 5.41) is 19.5. The predicted molar refractivity (Wildman–Crippen MR) is 67.6 cm³/mol. The van der Waals surface area contributed by atoms with E-state index in [2.05, 4.69) is 4.98 Å². The van der Waals surface area contributed by atoms with Crippen LogP contribution in [0.2, 0.25) is 0 Å². The maximum atomic E-state index is 12.1. The number of aryl methyl sites for hydroxylation is 1. The maximum Gasteiger partial charge on any atom is 0.381 e. The number of imidazole rings is 1. The number of aromatic nitrogens is 2. The van der Waals surface area contributed by atoms with Gasteiger partial charge in [0, 0.05) is 13.5 Å². The first-order chi connectivity index (χ1) is 9.88. The van der Waals surface area contributed by atoms with Crippen LogP contribution in [-0.4, -0.2) is 62.2 Å². The average molecular weight is 298 g/mol. The first-order valence-corrected chi connectivity index (χ1v) is 6.19. The third-order valence-electron chi connectivity index (χ3n) is 3.15. The number of rotatable bonds is 4. The van der Waals surface area contributed by atoms with E-state index in [1.165, 1.54) is 15.7 Å². The zero-order chi connectivity index (χ0) is 15.6. The van der Waals surface area contributed by atoms with Gasteiger partial charge in [-0.25, -0.2) is 4.79 Å². The summed E-state index contributed by atoms with van der Waals surface area (Å²) in [6.45, 7) is 1.83. The van der Waals surface area contributed by atoms with Crippen LogP contribution in [0.25, 0.3) is 0 Å². The molecule has 1 saturated heterocycles. The number of ether oxygens (including phenoxy) is 1. The lowest BCUT2D eigenvalue weighted by Crippen LogP contribution is -2.49. The topological polar surface area (TPSA) is 128 Å². The van der Waals surface area contributed by atoms with Crippen molar-refractivity contribution in [1.82, 2.24) is 14.5 Å². The molecule has 21 heavy (non-hydrogen) atoms. The fourth-order valence-corrected chi connectivity index (χ4v) is 2.01. The second-order valence-corrected chi connectivity index (χ2v) is 4.57. The molecule has 1 N–H and O–H groups in total. The lowest BCUT2D eigenvalue weighted by Gasteiger charge is -2.30. The van der Waals surface area contributed by atoms with E-state index in [9.17, 15) is 19.7 Å². The number of aliphatic carboxylic acids is 1. The van der Waals surface area contributed by atoms with Gasteiger partial charge >= 0.3 is 11.8 Å². The van der Waals surface area contributed by atoms with Gasteiger partial charge in [0.25, 0.3) is 0 Å². The Morgan fingerprint density at radius 2 is 2.33 bits per heavy atom. The predicted octanol–water partition coefficient (Wildman–Crippen LogP) is -0.588. The second-order valence-electron chi connectivity index (χ2n) is 4.57. The monoisotopic (exact) mass is 298 g/mol. The van der Waals surface area contributed by atoms with Crippen LogP contribution in [-0.2, 0) is 20.9 Å². The summed E-state index contributed by atoms with van der Waals surface area (Å²) in [5.41, 5.74) is 0. The molecular formula is C11H14N4O6. The smallest absolute Gasteiger partial charge is 0.381 e. The van der Waals surface area contributed by atoms with Gasteiger partial charge in [0.05, 0.1) is 13.2 Å². The van der Waals surface area contributed by atoms with Crippen molar-refractivity contribution >= 4 is 17.7 Å². The highest BCUT2D eigenvalue weighted by Crippen LogP contribution is 2.12. The van der Waals surface area contributed by atoms with Gasteiger partial charge in [-0.05, 0) is 9.91 Å². The van der Waals surface area contributed by atoms with Crippen molar-refractivity contribution in [2.24, 2.45) is 0 Å². The van der Waals surface area contributed by atoms with Crippen molar-refractivity contribution < 1.29 is 24.4 Å². The molecule has 1 amide bonds. The van der Waals surface area contributed by atoms with Gasteiger partial charge in [-0.2, -0.15) is 0 Å². The third kappa shape index (κ3) is 3.34. The summed E-state index contributed by atoms with van der Waals surface area (Å²) in [4.78, 5) is 38.1. The van der Waals surface area contributed by atoms with Crippen LogP contribution in [0.15, 0.2) is 6.20 Å². The van der Waals surface area contributed by atoms with Gasteiger partial charge in [0.15, 0.2) is 6.10 Å². The number of carboxylic acids is 1. The van der Waals surface area contributed by atoms with E-state index in [1.54, 1.807) is 6.92 Å². The number of amides is 1. The number of carbonyl (C=O) groups excluding carboxylic acids is 1. The van der Waals surface area contributed by atoms with E-state index in [1.807, 2.05) is 0 Å². The normalized spacial score (nSPS) is 18.5. The highest BCUT2D eigenvalue weighted by molar-refractivity contribution is 5.78. The van der Waals surface area contributed by atoms with Crippen molar-refractivity contribution in [3.8, 4) is 0 Å². The van der Waals surface area contributed by atoms with E-state index in [0.29, 0.717) is 12.4 Å². The Hall–Kier alpha value is -2.49. The quantitative estimate of drug-likeness (QED) is 0.581. The van der Waals surface area contributed by atoms with Crippen LogP contribution in [0.5, 0.6) is 0 Å². The van der Waals surface area contributed by atoms with Crippen LogP contribution in [0, 0.1) is 17.0 Å². The van der Waals surface area contributed by atoms with E-state index in [-0.39, 0.29) is 31.4 Å². The fraction of sp³-hybridized carbons (Fsp3) is 0.545. The molecule has 0 saturated carbocycles. The molecule has 1 atom stereocenters. The Bertz CT molecular complexity index is 583. The summed E-state index contributed by atoms with van der Waals surface area (Å²) < 4.78 is 6.39. The number of nitrogens with zero attached hydrogens (tertiary/aromatic N) is 4. The molecule has 0 aliphatic carbocycles. The Morgan fingerprint density at radius 1 is 1.62 bits per heavy atom. The number of carbonyl (C=O) groups is 2. The largest absolute Gasteiger partial charge is 0.479 e. The molecule has 2 rings (SSSR count). The van der Waals surface area contributed by atoms with E-state index >= 15 is 0 Å². The van der Waals surface area contributed by atoms with Crippen molar-refractivity contribution in [2.75, 3.05) is 19.7 Å². The molecule has 1 aliphatic heterocycles. The molecule has 1 aliphatic rings. The number of morpholine rings is 1. The molecule has 0 spiro atoms. The van der Waals surface area contributed by atoms with Crippen LogP contribution in [0.4, 0.5) is 5.82 Å². The van der Waals surface area contributed by atoms with Gasteiger partial charge in [0.2, 0.25) is 11.7 Å². The molecule has 1 aromatic rings. The fourth-order valence-electron chi connectivity index (χ4n) is 2.01. The molecule has 0 aromatic carbocycles. The van der Waals surface area contributed by atoms with Gasteiger partial charge in [-0.1, -0.05) is 0 Å².